The summed E-state index contributed by atoms with van der Waals surface area (Å²) in [5.41, 5.74) is 0.862. The summed E-state index contributed by atoms with van der Waals surface area (Å²) in [6.45, 7) is 0. The average molecular weight is 310 g/mol. The summed E-state index contributed by atoms with van der Waals surface area (Å²) in [4.78, 5) is 11.3. The molecule has 1 aromatic heterocycles. The standard InChI is InChI=1S/C13H12BrNO3/c14-12-2-1-7-15(12)11(13(17)18)8-9-3-5-10(16)6-4-9/h1-7,11,16H,8H2,(H,17,18)/t11-/m0/s1. The van der Waals surface area contributed by atoms with E-state index in [1.165, 1.54) is 0 Å². The third-order valence-electron chi connectivity index (χ3n) is 2.71. The van der Waals surface area contributed by atoms with Crippen molar-refractivity contribution in [3.8, 4) is 5.75 Å². The number of carbonyl (C=O) groups is 1. The Morgan fingerprint density at radius 3 is 2.44 bits per heavy atom. The number of hydrogen-bond donors (Lipinski definition) is 2. The van der Waals surface area contributed by atoms with Gasteiger partial charge in [-0.2, -0.15) is 0 Å². The van der Waals surface area contributed by atoms with Gasteiger partial charge in [0.25, 0.3) is 0 Å². The lowest BCUT2D eigenvalue weighted by Gasteiger charge is -2.16. The van der Waals surface area contributed by atoms with E-state index < -0.39 is 12.0 Å². The van der Waals surface area contributed by atoms with Crippen LogP contribution in [0.25, 0.3) is 0 Å². The lowest BCUT2D eigenvalue weighted by Crippen LogP contribution is -2.20. The SMILES string of the molecule is O=C(O)[C@H](Cc1ccc(O)cc1)n1cccc1Br. The van der Waals surface area contributed by atoms with Crippen LogP contribution in [0.4, 0.5) is 0 Å². The van der Waals surface area contributed by atoms with E-state index in [4.69, 9.17) is 0 Å². The number of phenolic OH excluding ortho intramolecular Hbond substituents is 1. The molecule has 0 bridgehead atoms. The Hall–Kier alpha value is -1.75. The van der Waals surface area contributed by atoms with E-state index in [1.54, 1.807) is 47.2 Å². The van der Waals surface area contributed by atoms with Crippen molar-refractivity contribution in [1.29, 1.82) is 0 Å². The molecule has 0 saturated heterocycles. The zero-order chi connectivity index (χ0) is 13.1. The Morgan fingerprint density at radius 1 is 1.28 bits per heavy atom. The van der Waals surface area contributed by atoms with Crippen molar-refractivity contribution in [1.82, 2.24) is 4.57 Å². The fraction of sp³-hybridized carbons (Fsp3) is 0.154. The van der Waals surface area contributed by atoms with Gasteiger partial charge in [-0.3, -0.25) is 0 Å². The Kier molecular flexibility index (Phi) is 3.72. The molecule has 94 valence electrons. The van der Waals surface area contributed by atoms with E-state index >= 15 is 0 Å². The number of halogens is 1. The largest absolute Gasteiger partial charge is 0.508 e. The quantitative estimate of drug-likeness (QED) is 0.913. The molecule has 5 heteroatoms. The number of hydrogen-bond acceptors (Lipinski definition) is 2. The summed E-state index contributed by atoms with van der Waals surface area (Å²) in [5, 5.41) is 18.5. The molecule has 0 fully saturated rings. The number of aliphatic carboxylic acids is 1. The highest BCUT2D eigenvalue weighted by Gasteiger charge is 2.21. The number of benzene rings is 1. The van der Waals surface area contributed by atoms with E-state index in [2.05, 4.69) is 15.9 Å². The highest BCUT2D eigenvalue weighted by atomic mass is 79.9. The van der Waals surface area contributed by atoms with Crippen LogP contribution < -0.4 is 0 Å². The van der Waals surface area contributed by atoms with Crippen LogP contribution in [0, 0.1) is 0 Å². The number of carboxylic acid groups (broad SMARTS) is 1. The fourth-order valence-electron chi connectivity index (χ4n) is 1.79. The summed E-state index contributed by atoms with van der Waals surface area (Å²) in [5.74, 6) is -0.715. The molecule has 4 nitrogen and oxygen atoms in total. The lowest BCUT2D eigenvalue weighted by molar-refractivity contribution is -0.140. The molecule has 2 rings (SSSR count). The van der Waals surface area contributed by atoms with Crippen LogP contribution >= 0.6 is 15.9 Å². The van der Waals surface area contributed by atoms with Gasteiger partial charge in [-0.05, 0) is 45.8 Å². The fourth-order valence-corrected chi connectivity index (χ4v) is 2.30. The van der Waals surface area contributed by atoms with Crippen LogP contribution in [-0.4, -0.2) is 20.7 Å². The summed E-state index contributed by atoms with van der Waals surface area (Å²) >= 11 is 3.32. The molecular formula is C13H12BrNO3. The van der Waals surface area contributed by atoms with Crippen LogP contribution in [0.15, 0.2) is 47.2 Å². The first-order chi connectivity index (χ1) is 8.58. The summed E-state index contributed by atoms with van der Waals surface area (Å²) in [6.07, 6.45) is 2.09. The highest BCUT2D eigenvalue weighted by molar-refractivity contribution is 9.10. The van der Waals surface area contributed by atoms with Crippen molar-refractivity contribution in [2.45, 2.75) is 12.5 Å². The van der Waals surface area contributed by atoms with Gasteiger partial charge in [-0.25, -0.2) is 4.79 Å². The maximum Gasteiger partial charge on any atom is 0.327 e. The highest BCUT2D eigenvalue weighted by Crippen LogP contribution is 2.22. The Labute approximate surface area is 113 Å². The minimum atomic E-state index is -0.889. The molecule has 18 heavy (non-hydrogen) atoms. The van der Waals surface area contributed by atoms with Gasteiger partial charge in [0.05, 0.1) is 4.60 Å². The summed E-state index contributed by atoms with van der Waals surface area (Å²) in [6, 6.07) is 9.48. The molecule has 0 aliphatic rings. The Balaban J connectivity index is 2.25. The molecule has 0 unspecified atom stereocenters. The topological polar surface area (TPSA) is 62.5 Å². The van der Waals surface area contributed by atoms with Crippen molar-refractivity contribution in [2.75, 3.05) is 0 Å². The van der Waals surface area contributed by atoms with E-state index in [1.807, 2.05) is 0 Å². The molecule has 2 aromatic rings. The van der Waals surface area contributed by atoms with Gasteiger partial charge >= 0.3 is 5.97 Å². The molecular weight excluding hydrogens is 298 g/mol. The average Bonchev–Trinajstić information content (AvgIpc) is 2.74. The van der Waals surface area contributed by atoms with Crippen LogP contribution in [0.5, 0.6) is 5.75 Å². The van der Waals surface area contributed by atoms with Gasteiger partial charge in [0, 0.05) is 12.6 Å². The number of rotatable bonds is 4. The van der Waals surface area contributed by atoms with Crippen molar-refractivity contribution in [3.63, 3.8) is 0 Å². The summed E-state index contributed by atoms with van der Waals surface area (Å²) in [7, 11) is 0. The van der Waals surface area contributed by atoms with Gasteiger partial charge in [0.1, 0.15) is 11.8 Å². The summed E-state index contributed by atoms with van der Waals surface area (Å²) < 4.78 is 2.39. The first-order valence-electron chi connectivity index (χ1n) is 5.41. The first kappa shape index (κ1) is 12.7. The molecule has 1 atom stereocenters. The molecule has 0 aliphatic carbocycles. The number of aromatic nitrogens is 1. The maximum absolute atomic E-state index is 11.3. The van der Waals surface area contributed by atoms with Gasteiger partial charge in [0.15, 0.2) is 0 Å². The lowest BCUT2D eigenvalue weighted by atomic mass is 10.1. The minimum absolute atomic E-state index is 0.174. The van der Waals surface area contributed by atoms with Crippen LogP contribution in [0.3, 0.4) is 0 Å². The molecule has 0 spiro atoms. The van der Waals surface area contributed by atoms with E-state index in [0.717, 1.165) is 10.2 Å². The van der Waals surface area contributed by atoms with Crippen molar-refractivity contribution in [3.05, 3.63) is 52.8 Å². The molecule has 2 N–H and O–H groups in total. The zero-order valence-electron chi connectivity index (χ0n) is 9.45. The second kappa shape index (κ2) is 5.27. The second-order valence-corrected chi connectivity index (χ2v) is 4.78. The van der Waals surface area contributed by atoms with Crippen molar-refractivity contribution < 1.29 is 15.0 Å². The Morgan fingerprint density at radius 2 is 1.94 bits per heavy atom. The predicted octanol–water partition coefficient (Wildman–Crippen LogP) is 2.82. The maximum atomic E-state index is 11.3. The van der Waals surface area contributed by atoms with Gasteiger partial charge < -0.3 is 14.8 Å². The normalized spacial score (nSPS) is 12.3. The number of phenols is 1. The first-order valence-corrected chi connectivity index (χ1v) is 6.20. The number of nitrogens with zero attached hydrogens (tertiary/aromatic N) is 1. The van der Waals surface area contributed by atoms with E-state index in [0.29, 0.717) is 6.42 Å². The molecule has 0 radical (unpaired) electrons. The third kappa shape index (κ3) is 2.73. The number of aromatic hydroxyl groups is 1. The monoisotopic (exact) mass is 309 g/mol. The third-order valence-corrected chi connectivity index (χ3v) is 3.39. The van der Waals surface area contributed by atoms with Gasteiger partial charge in [-0.1, -0.05) is 12.1 Å². The molecule has 1 heterocycles. The van der Waals surface area contributed by atoms with Crippen molar-refractivity contribution in [2.24, 2.45) is 0 Å². The molecule has 1 aromatic carbocycles. The number of carboxylic acids is 1. The van der Waals surface area contributed by atoms with E-state index in [9.17, 15) is 15.0 Å². The zero-order valence-corrected chi connectivity index (χ0v) is 11.0. The van der Waals surface area contributed by atoms with Crippen LogP contribution in [0.1, 0.15) is 11.6 Å². The van der Waals surface area contributed by atoms with Gasteiger partial charge in [0.2, 0.25) is 0 Å². The van der Waals surface area contributed by atoms with Gasteiger partial charge in [-0.15, -0.1) is 0 Å². The Bertz CT molecular complexity index is 548. The second-order valence-electron chi connectivity index (χ2n) is 3.96. The minimum Gasteiger partial charge on any atom is -0.508 e. The van der Waals surface area contributed by atoms with E-state index in [-0.39, 0.29) is 5.75 Å². The molecule has 0 saturated carbocycles. The smallest absolute Gasteiger partial charge is 0.327 e. The van der Waals surface area contributed by atoms with Crippen LogP contribution in [0.2, 0.25) is 0 Å². The predicted molar refractivity (Wildman–Crippen MR) is 70.6 cm³/mol. The van der Waals surface area contributed by atoms with Crippen LogP contribution in [-0.2, 0) is 11.2 Å². The van der Waals surface area contributed by atoms with Crippen molar-refractivity contribution >= 4 is 21.9 Å². The molecule has 0 aliphatic heterocycles. The molecule has 0 amide bonds.